The molecule has 1 atom stereocenters. The fourth-order valence-electron chi connectivity index (χ4n) is 1.32. The number of hydrogen-bond acceptors (Lipinski definition) is 7. The SMILES string of the molecule is CCC(NC(=O)c1nonc1N)c1nccs1. The van der Waals surface area contributed by atoms with Gasteiger partial charge in [0.2, 0.25) is 11.5 Å². The maximum Gasteiger partial charge on any atom is 0.278 e. The summed E-state index contributed by atoms with van der Waals surface area (Å²) in [6.45, 7) is 1.96. The topological polar surface area (TPSA) is 107 Å². The molecule has 0 saturated heterocycles. The minimum Gasteiger partial charge on any atom is -0.379 e. The fourth-order valence-corrected chi connectivity index (χ4v) is 2.10. The number of rotatable bonds is 4. The Morgan fingerprint density at radius 3 is 3.00 bits per heavy atom. The number of aromatic nitrogens is 3. The normalized spacial score (nSPS) is 12.3. The second-order valence-corrected chi connectivity index (χ2v) is 4.23. The summed E-state index contributed by atoms with van der Waals surface area (Å²) in [6, 6.07) is -0.154. The van der Waals surface area contributed by atoms with Crippen molar-refractivity contribution in [2.75, 3.05) is 5.73 Å². The Kier molecular flexibility index (Phi) is 3.33. The van der Waals surface area contributed by atoms with Crippen molar-refractivity contribution >= 4 is 23.1 Å². The molecule has 0 aliphatic heterocycles. The Bertz CT molecular complexity index is 495. The highest BCUT2D eigenvalue weighted by molar-refractivity contribution is 7.09. The number of nitrogens with zero attached hydrogens (tertiary/aromatic N) is 3. The molecule has 0 radical (unpaired) electrons. The van der Waals surface area contributed by atoms with E-state index in [0.29, 0.717) is 0 Å². The number of thiazole rings is 1. The van der Waals surface area contributed by atoms with Crippen molar-refractivity contribution < 1.29 is 9.42 Å². The zero-order valence-corrected chi connectivity index (χ0v) is 9.90. The molecule has 90 valence electrons. The molecule has 3 N–H and O–H groups in total. The van der Waals surface area contributed by atoms with Gasteiger partial charge >= 0.3 is 0 Å². The van der Waals surface area contributed by atoms with Crippen LogP contribution in [0.4, 0.5) is 5.82 Å². The molecule has 0 spiro atoms. The Morgan fingerprint density at radius 2 is 2.47 bits per heavy atom. The third-order valence-electron chi connectivity index (χ3n) is 2.19. The summed E-state index contributed by atoms with van der Waals surface area (Å²) in [4.78, 5) is 16.0. The second-order valence-electron chi connectivity index (χ2n) is 3.30. The first-order chi connectivity index (χ1) is 8.22. The van der Waals surface area contributed by atoms with E-state index in [2.05, 4.69) is 25.2 Å². The molecule has 0 saturated carbocycles. The number of amides is 1. The number of anilines is 1. The molecular formula is C9H11N5O2S. The molecule has 0 aromatic carbocycles. The van der Waals surface area contributed by atoms with Gasteiger partial charge in [0.05, 0.1) is 6.04 Å². The van der Waals surface area contributed by atoms with Gasteiger partial charge in [-0.3, -0.25) is 4.79 Å². The van der Waals surface area contributed by atoms with E-state index < -0.39 is 5.91 Å². The summed E-state index contributed by atoms with van der Waals surface area (Å²) < 4.78 is 4.37. The highest BCUT2D eigenvalue weighted by Crippen LogP contribution is 2.19. The molecule has 1 amide bonds. The lowest BCUT2D eigenvalue weighted by Gasteiger charge is -2.12. The zero-order valence-electron chi connectivity index (χ0n) is 9.08. The number of nitrogens with one attached hydrogen (secondary N) is 1. The van der Waals surface area contributed by atoms with Crippen molar-refractivity contribution in [2.45, 2.75) is 19.4 Å². The number of carbonyl (C=O) groups is 1. The van der Waals surface area contributed by atoms with Crippen molar-refractivity contribution in [3.63, 3.8) is 0 Å². The van der Waals surface area contributed by atoms with Crippen LogP contribution < -0.4 is 11.1 Å². The summed E-state index contributed by atoms with van der Waals surface area (Å²) in [6.07, 6.45) is 2.42. The van der Waals surface area contributed by atoms with Gasteiger partial charge in [0.15, 0.2) is 0 Å². The lowest BCUT2D eigenvalue weighted by Crippen LogP contribution is -2.28. The smallest absolute Gasteiger partial charge is 0.278 e. The quantitative estimate of drug-likeness (QED) is 0.841. The second kappa shape index (κ2) is 4.91. The van der Waals surface area contributed by atoms with Crippen LogP contribution >= 0.6 is 11.3 Å². The first-order valence-corrected chi connectivity index (χ1v) is 5.88. The number of carbonyl (C=O) groups excluding carboxylic acids is 1. The van der Waals surface area contributed by atoms with E-state index in [-0.39, 0.29) is 17.6 Å². The van der Waals surface area contributed by atoms with Crippen LogP contribution in [0.5, 0.6) is 0 Å². The molecule has 8 heteroatoms. The van der Waals surface area contributed by atoms with E-state index >= 15 is 0 Å². The van der Waals surface area contributed by atoms with Crippen molar-refractivity contribution in [1.29, 1.82) is 0 Å². The maximum atomic E-state index is 11.8. The number of nitrogens with two attached hydrogens (primary N) is 1. The van der Waals surface area contributed by atoms with Crippen LogP contribution in [0.1, 0.15) is 34.9 Å². The predicted molar refractivity (Wildman–Crippen MR) is 61.3 cm³/mol. The lowest BCUT2D eigenvalue weighted by molar-refractivity contribution is 0.0926. The van der Waals surface area contributed by atoms with E-state index in [1.807, 2.05) is 12.3 Å². The molecule has 17 heavy (non-hydrogen) atoms. The van der Waals surface area contributed by atoms with Gasteiger partial charge in [-0.05, 0) is 16.7 Å². The molecule has 0 bridgehead atoms. The minimum atomic E-state index is -0.411. The van der Waals surface area contributed by atoms with Crippen LogP contribution in [0, 0.1) is 0 Å². The van der Waals surface area contributed by atoms with E-state index in [0.717, 1.165) is 11.4 Å². The molecule has 2 aromatic rings. The Balaban J connectivity index is 2.10. The number of nitrogen functional groups attached to an aromatic ring is 1. The van der Waals surface area contributed by atoms with E-state index in [4.69, 9.17) is 5.73 Å². The van der Waals surface area contributed by atoms with Crippen LogP contribution in [0.3, 0.4) is 0 Å². The van der Waals surface area contributed by atoms with Crippen LogP contribution in [-0.4, -0.2) is 21.2 Å². The van der Waals surface area contributed by atoms with Crippen molar-refractivity contribution in [1.82, 2.24) is 20.6 Å². The highest BCUT2D eigenvalue weighted by atomic mass is 32.1. The van der Waals surface area contributed by atoms with Gasteiger partial charge in [-0.2, -0.15) is 0 Å². The van der Waals surface area contributed by atoms with Crippen LogP contribution in [-0.2, 0) is 0 Å². The van der Waals surface area contributed by atoms with Gasteiger partial charge in [-0.1, -0.05) is 6.92 Å². The van der Waals surface area contributed by atoms with E-state index in [9.17, 15) is 4.79 Å². The fraction of sp³-hybridized carbons (Fsp3) is 0.333. The first-order valence-electron chi connectivity index (χ1n) is 5.00. The maximum absolute atomic E-state index is 11.8. The molecule has 0 fully saturated rings. The Labute approximate surface area is 101 Å². The number of hydrogen-bond donors (Lipinski definition) is 2. The van der Waals surface area contributed by atoms with Gasteiger partial charge in [0.25, 0.3) is 5.91 Å². The Hall–Kier alpha value is -1.96. The minimum absolute atomic E-state index is 0.00000567. The molecule has 2 rings (SSSR count). The zero-order chi connectivity index (χ0) is 12.3. The molecule has 2 aromatic heterocycles. The summed E-state index contributed by atoms with van der Waals surface area (Å²) in [5.41, 5.74) is 5.44. The summed E-state index contributed by atoms with van der Waals surface area (Å²) in [5.74, 6) is -0.428. The van der Waals surface area contributed by atoms with Crippen molar-refractivity contribution in [3.05, 3.63) is 22.3 Å². The van der Waals surface area contributed by atoms with Gasteiger partial charge < -0.3 is 11.1 Å². The molecule has 0 aliphatic carbocycles. The van der Waals surface area contributed by atoms with E-state index in [1.54, 1.807) is 6.20 Å². The van der Waals surface area contributed by atoms with Crippen LogP contribution in [0.2, 0.25) is 0 Å². The molecular weight excluding hydrogens is 242 g/mol. The third-order valence-corrected chi connectivity index (χ3v) is 3.08. The van der Waals surface area contributed by atoms with Crippen LogP contribution in [0.25, 0.3) is 0 Å². The Morgan fingerprint density at radius 1 is 1.65 bits per heavy atom. The van der Waals surface area contributed by atoms with Gasteiger partial charge in [0, 0.05) is 11.6 Å². The predicted octanol–water partition coefficient (Wildman–Crippen LogP) is 0.989. The third kappa shape index (κ3) is 2.41. The monoisotopic (exact) mass is 253 g/mol. The molecule has 1 unspecified atom stereocenters. The summed E-state index contributed by atoms with van der Waals surface area (Å²) in [7, 11) is 0. The summed E-state index contributed by atoms with van der Waals surface area (Å²) in [5, 5.41) is 12.3. The first kappa shape index (κ1) is 11.5. The average molecular weight is 253 g/mol. The standard InChI is InChI=1S/C9H11N5O2S/c1-2-5(9-11-3-4-17-9)12-8(15)6-7(10)14-16-13-6/h3-5H,2H2,1H3,(H2,10,14)(H,12,15). The van der Waals surface area contributed by atoms with Gasteiger partial charge in [-0.25, -0.2) is 9.61 Å². The molecule has 2 heterocycles. The molecule has 0 aliphatic rings. The van der Waals surface area contributed by atoms with Crippen LogP contribution in [0.15, 0.2) is 16.2 Å². The van der Waals surface area contributed by atoms with E-state index in [1.165, 1.54) is 11.3 Å². The lowest BCUT2D eigenvalue weighted by atomic mass is 10.2. The molecule has 7 nitrogen and oxygen atoms in total. The van der Waals surface area contributed by atoms with Gasteiger partial charge in [0.1, 0.15) is 5.01 Å². The van der Waals surface area contributed by atoms with Crippen molar-refractivity contribution in [2.24, 2.45) is 0 Å². The van der Waals surface area contributed by atoms with Crippen molar-refractivity contribution in [3.8, 4) is 0 Å². The largest absolute Gasteiger partial charge is 0.379 e. The highest BCUT2D eigenvalue weighted by Gasteiger charge is 2.21. The van der Waals surface area contributed by atoms with Gasteiger partial charge in [-0.15, -0.1) is 11.3 Å². The average Bonchev–Trinajstić information content (AvgIpc) is 2.96. The summed E-state index contributed by atoms with van der Waals surface area (Å²) >= 11 is 1.48.